The lowest BCUT2D eigenvalue weighted by Gasteiger charge is -2.51. The number of aliphatic hydroxyl groups is 28. The summed E-state index contributed by atoms with van der Waals surface area (Å²) in [7, 11) is 0. The number of carbonyl (C=O) groups is 4. The zero-order valence-corrected chi connectivity index (χ0v) is 67.6. The molecule has 0 aromatic heterocycles. The number of hydrogen-bond donors (Lipinski definition) is 32. The molecule has 0 aromatic carbocycles. The summed E-state index contributed by atoms with van der Waals surface area (Å²) in [6.45, 7) is -7.33. The third-order valence-corrected chi connectivity index (χ3v) is 23.0. The molecular weight excluding hydrogens is 1730 g/mol. The van der Waals surface area contributed by atoms with Crippen LogP contribution < -0.4 is 21.3 Å². The molecule has 56 heteroatoms. The maximum atomic E-state index is 13.3. The van der Waals surface area contributed by atoms with E-state index < -0.39 is 403 Å². The van der Waals surface area contributed by atoms with E-state index in [1.54, 1.807) is 0 Å². The van der Waals surface area contributed by atoms with E-state index >= 15 is 0 Å². The van der Waals surface area contributed by atoms with Crippen molar-refractivity contribution in [3.05, 3.63) is 0 Å². The van der Waals surface area contributed by atoms with E-state index in [4.69, 9.17) is 94.7 Å². The van der Waals surface area contributed by atoms with Crippen molar-refractivity contribution < 1.29 is 257 Å². The van der Waals surface area contributed by atoms with Crippen LogP contribution in [0.15, 0.2) is 0 Å². The minimum Gasteiger partial charge on any atom is -0.394 e. The summed E-state index contributed by atoms with van der Waals surface area (Å²) in [4.78, 5) is 50.6. The van der Waals surface area contributed by atoms with Gasteiger partial charge >= 0.3 is 0 Å². The average molecular weight is 1850 g/mol. The first-order valence-electron chi connectivity index (χ1n) is 40.2. The molecule has 32 N–H and O–H groups in total. The maximum absolute atomic E-state index is 13.3. The zero-order chi connectivity index (χ0) is 92.6. The molecule has 10 heterocycles. The second-order valence-electron chi connectivity index (χ2n) is 31.7. The molecule has 10 saturated heterocycles. The van der Waals surface area contributed by atoms with Gasteiger partial charge < -0.3 is 259 Å². The van der Waals surface area contributed by atoms with Gasteiger partial charge in [-0.1, -0.05) is 0 Å². The molecule has 126 heavy (non-hydrogen) atoms. The van der Waals surface area contributed by atoms with Crippen LogP contribution >= 0.6 is 0 Å². The first kappa shape index (κ1) is 104. The van der Waals surface area contributed by atoms with E-state index in [-0.39, 0.29) is 6.41 Å². The highest BCUT2D eigenvalue weighted by molar-refractivity contribution is 5.74. The molecule has 0 radical (unpaired) electrons. The highest BCUT2D eigenvalue weighted by Gasteiger charge is 2.62. The number of rotatable bonds is 36. The van der Waals surface area contributed by atoms with Crippen molar-refractivity contribution >= 4 is 24.1 Å². The standard InChI is InChI=1S/C70H118N4O52/c1-17-34(88)43(97)47(101)65(109-17)126-60-59(125-67-49(103)45(99)36(90)23(7-77)111-67)38(92)25(9-79)113-70(60)122-55-26(10-80)114-61(31(40(55)94)72-18(2)85)108-15-30-39(93)58(124-63-32(73-19(3)86)41(95)53(27(11-81)115-63)119-66-48(102)44(98)35(89)22(6-76)110-66)52(106)69(118-30)120-54-28(12-82)116-62(33(42(54)96)74-20(4)87)123-57-37(91)24(8-78)112-68(51(57)105)121-56-29(13-83)117-64(50(104)46(56)100)107-14-21(5-75)71-16-84/h16-17,21-70,75-83,88-106H,5-15H2,1-4H3,(H,71,84)(H,72,85)(H,73,86)(H,74,87)/t17-,21+,22+,23+,24+,25+,26+,27+,28+,29+,30+,31+,32+,33+,34+,35-,36-,37-,38-,39-,40+,41+,42+,43+,44-,45-,46+,47-,48+,49+,50+,51+,52+,53+,54+,55+,56+,57-,58-,59-,60+,61+,62-,63-,64+,65-,66-,67+,68-,69-,70-/m0/s1. The molecule has 10 fully saturated rings. The zero-order valence-electron chi connectivity index (χ0n) is 67.6. The monoisotopic (exact) mass is 1850 g/mol. The van der Waals surface area contributed by atoms with Crippen molar-refractivity contribution in [2.45, 2.75) is 341 Å². The van der Waals surface area contributed by atoms with Gasteiger partial charge in [0.2, 0.25) is 24.1 Å². The van der Waals surface area contributed by atoms with Gasteiger partial charge in [0.15, 0.2) is 62.9 Å². The van der Waals surface area contributed by atoms with E-state index in [1.165, 1.54) is 6.92 Å². The van der Waals surface area contributed by atoms with E-state index in [2.05, 4.69) is 21.3 Å². The molecule has 0 unspecified atom stereocenters. The normalized spacial score (nSPS) is 48.8. The fraction of sp³-hybridized carbons (Fsp3) is 0.943. The fourth-order valence-corrected chi connectivity index (χ4v) is 16.1. The number of ether oxygens (including phenoxy) is 20. The number of carbonyl (C=O) groups excluding carboxylic acids is 4. The first-order chi connectivity index (χ1) is 59.8. The minimum absolute atomic E-state index is 0.239. The maximum Gasteiger partial charge on any atom is 0.217 e. The van der Waals surface area contributed by atoms with E-state index in [0.29, 0.717) is 0 Å². The molecule has 4 amide bonds. The van der Waals surface area contributed by atoms with Crippen LogP contribution in [0, 0.1) is 0 Å². The second kappa shape index (κ2) is 46.3. The SMILES string of the molecule is CC(=O)N[C@H]1[C@H](O[C@H]2[C@@H](O)[C@@H](CO[C@@H]3O[C@H](CO)[C@@H](O[C@@H]4O[C@H](CO)[C@H](O)[C@H](O[C@H]5O[C@H](CO)[C@H](O)[C@H](O)[C@H]5O)[C@H]4O[C@@H]4O[C@@H](C)[C@@H](O)[C@@H](O)[C@@H]4O)[C@H](O)[C@H]3NC(C)=O)O[C@@H](O[C@H]3[C@H](O)[C@@H](NC(C)=O)[C@H](O[C@H]4[C@@H](O)[C@@H](CO)O[C@@H](O[C@H]5[C@H](O)[C@@H](O)[C@H](OC[C@@H](CO)NC=O)O[C@@H]5CO)[C@@H]4O)O[C@@H]3CO)[C@@H]2O)O[C@H](CO)[C@@H](O[C@@H]2O[C@H](CO)[C@H](O)[C@H](O)[C@H]2O)[C@@H]1O. The van der Waals surface area contributed by atoms with Crippen molar-refractivity contribution in [1.82, 2.24) is 21.3 Å². The Morgan fingerprint density at radius 1 is 0.278 bits per heavy atom. The van der Waals surface area contributed by atoms with Gasteiger partial charge in [0.25, 0.3) is 0 Å². The summed E-state index contributed by atoms with van der Waals surface area (Å²) in [5.41, 5.74) is 0. The lowest BCUT2D eigenvalue weighted by atomic mass is 9.93. The molecular formula is C70H118N4O52. The van der Waals surface area contributed by atoms with Crippen LogP contribution in [0.5, 0.6) is 0 Å². The molecule has 56 nitrogen and oxygen atoms in total. The smallest absolute Gasteiger partial charge is 0.217 e. The van der Waals surface area contributed by atoms with Gasteiger partial charge in [-0.05, 0) is 6.92 Å². The van der Waals surface area contributed by atoms with Gasteiger partial charge in [-0.3, -0.25) is 19.2 Å². The Morgan fingerprint density at radius 3 is 0.960 bits per heavy atom. The van der Waals surface area contributed by atoms with Crippen molar-refractivity contribution in [1.29, 1.82) is 0 Å². The van der Waals surface area contributed by atoms with E-state index in [9.17, 15) is 162 Å². The van der Waals surface area contributed by atoms with Crippen LogP contribution in [0.3, 0.4) is 0 Å². The third-order valence-electron chi connectivity index (χ3n) is 23.0. The predicted octanol–water partition coefficient (Wildman–Crippen LogP) is -22.2. The summed E-state index contributed by atoms with van der Waals surface area (Å²) in [5, 5.41) is 321. The molecule has 0 spiro atoms. The van der Waals surface area contributed by atoms with E-state index in [1.807, 2.05) is 0 Å². The Kier molecular flexibility index (Phi) is 38.2. The van der Waals surface area contributed by atoms with Crippen molar-refractivity contribution in [3.8, 4) is 0 Å². The summed E-state index contributed by atoms with van der Waals surface area (Å²) >= 11 is 0. The summed E-state index contributed by atoms with van der Waals surface area (Å²) in [6, 6.07) is -7.09. The summed E-state index contributed by atoms with van der Waals surface area (Å²) in [6.07, 6.45) is -97.5. The number of aliphatic hydroxyl groups excluding tert-OH is 28. The van der Waals surface area contributed by atoms with Crippen molar-refractivity contribution in [2.24, 2.45) is 0 Å². The number of amides is 4. The second-order valence-corrected chi connectivity index (χ2v) is 31.7. The highest BCUT2D eigenvalue weighted by atomic mass is 16.8. The lowest BCUT2D eigenvalue weighted by molar-refractivity contribution is -0.403. The fourth-order valence-electron chi connectivity index (χ4n) is 16.1. The van der Waals surface area contributed by atoms with Gasteiger partial charge in [-0.15, -0.1) is 0 Å². The van der Waals surface area contributed by atoms with Crippen LogP contribution in [0.25, 0.3) is 0 Å². The predicted molar refractivity (Wildman–Crippen MR) is 387 cm³/mol. The van der Waals surface area contributed by atoms with Crippen molar-refractivity contribution in [2.75, 3.05) is 72.7 Å². The molecule has 10 rings (SSSR count). The van der Waals surface area contributed by atoms with Gasteiger partial charge in [0, 0.05) is 20.8 Å². The first-order valence-corrected chi connectivity index (χ1v) is 40.2. The minimum atomic E-state index is -2.55. The Labute approximate surface area is 713 Å². The van der Waals surface area contributed by atoms with Crippen LogP contribution in [-0.2, 0) is 114 Å². The largest absolute Gasteiger partial charge is 0.394 e. The Balaban J connectivity index is 0.949. The van der Waals surface area contributed by atoms with Gasteiger partial charge in [0.1, 0.15) is 238 Å². The van der Waals surface area contributed by atoms with Gasteiger partial charge in [-0.25, -0.2) is 0 Å². The Bertz CT molecular complexity index is 3350. The molecule has 10 aliphatic heterocycles. The van der Waals surface area contributed by atoms with Gasteiger partial charge in [-0.2, -0.15) is 0 Å². The van der Waals surface area contributed by atoms with Crippen LogP contribution in [0.2, 0.25) is 0 Å². The summed E-state index contributed by atoms with van der Waals surface area (Å²) < 4.78 is 119. The topological polar surface area (TPSA) is 867 Å². The third kappa shape index (κ3) is 23.1. The number of hydrogen-bond acceptors (Lipinski definition) is 52. The van der Waals surface area contributed by atoms with Crippen LogP contribution in [0.4, 0.5) is 0 Å². The molecule has 730 valence electrons. The molecule has 0 bridgehead atoms. The van der Waals surface area contributed by atoms with Gasteiger partial charge in [0.05, 0.1) is 84.8 Å². The molecule has 0 aromatic rings. The Morgan fingerprint density at radius 2 is 0.563 bits per heavy atom. The Hall–Kier alpha value is -4.04. The molecule has 10 aliphatic rings. The van der Waals surface area contributed by atoms with E-state index in [0.717, 1.165) is 20.8 Å². The van der Waals surface area contributed by atoms with Crippen LogP contribution in [0.1, 0.15) is 27.7 Å². The molecule has 0 aliphatic carbocycles. The van der Waals surface area contributed by atoms with Crippen molar-refractivity contribution in [3.63, 3.8) is 0 Å². The van der Waals surface area contributed by atoms with Crippen LogP contribution in [-0.4, -0.2) is 553 Å². The average Bonchev–Trinajstić information content (AvgIpc) is 0.764. The summed E-state index contributed by atoms with van der Waals surface area (Å²) in [5.74, 6) is -2.99. The molecule has 0 saturated carbocycles. The molecule has 51 atom stereocenters. The number of nitrogens with one attached hydrogen (secondary N) is 4. The highest BCUT2D eigenvalue weighted by Crippen LogP contribution is 2.41. The lowest BCUT2D eigenvalue weighted by Crippen LogP contribution is -2.71. The quantitative estimate of drug-likeness (QED) is 0.0259.